The number of halogens is 2. The second-order valence-electron chi connectivity index (χ2n) is 3.60. The molecular formula is C12H14F2O2. The summed E-state index contributed by atoms with van der Waals surface area (Å²) in [7, 11) is 1.53. The van der Waals surface area contributed by atoms with Gasteiger partial charge in [0.1, 0.15) is 11.6 Å². The van der Waals surface area contributed by atoms with Gasteiger partial charge in [-0.25, -0.2) is 8.78 Å². The Kier molecular flexibility index (Phi) is 4.55. The molecule has 0 amide bonds. The van der Waals surface area contributed by atoms with E-state index in [0.717, 1.165) is 12.1 Å². The van der Waals surface area contributed by atoms with Crippen molar-refractivity contribution >= 4 is 5.78 Å². The zero-order valence-corrected chi connectivity index (χ0v) is 9.30. The molecule has 0 aromatic heterocycles. The van der Waals surface area contributed by atoms with Crippen LogP contribution in [0.1, 0.15) is 30.1 Å². The molecule has 0 spiro atoms. The molecule has 1 rings (SSSR count). The second kappa shape index (κ2) is 5.70. The van der Waals surface area contributed by atoms with Gasteiger partial charge < -0.3 is 4.74 Å². The molecule has 0 aliphatic carbocycles. The monoisotopic (exact) mass is 228 g/mol. The van der Waals surface area contributed by atoms with Gasteiger partial charge in [0, 0.05) is 13.5 Å². The molecule has 0 aliphatic rings. The lowest BCUT2D eigenvalue weighted by molar-refractivity contribution is 0.0871. The summed E-state index contributed by atoms with van der Waals surface area (Å²) < 4.78 is 31.4. The first-order chi connectivity index (χ1) is 7.56. The first-order valence-corrected chi connectivity index (χ1v) is 5.06. The summed E-state index contributed by atoms with van der Waals surface area (Å²) in [6.07, 6.45) is 0.425. The predicted molar refractivity (Wildman–Crippen MR) is 56.4 cm³/mol. The van der Waals surface area contributed by atoms with Gasteiger partial charge in [-0.15, -0.1) is 0 Å². The number of methoxy groups -OCH3 is 1. The third-order valence-corrected chi connectivity index (χ3v) is 2.42. The van der Waals surface area contributed by atoms with E-state index in [1.165, 1.54) is 13.2 Å². The number of ether oxygens (including phenoxy) is 1. The molecular weight excluding hydrogens is 214 g/mol. The lowest BCUT2D eigenvalue weighted by Gasteiger charge is -2.08. The van der Waals surface area contributed by atoms with Crippen molar-refractivity contribution < 1.29 is 18.3 Å². The van der Waals surface area contributed by atoms with E-state index in [1.54, 1.807) is 6.92 Å². The van der Waals surface area contributed by atoms with Crippen LogP contribution in [0.15, 0.2) is 18.2 Å². The maximum atomic E-state index is 13.2. The molecule has 0 heterocycles. The third-order valence-electron chi connectivity index (χ3n) is 2.42. The Morgan fingerprint density at radius 2 is 1.94 bits per heavy atom. The van der Waals surface area contributed by atoms with Crippen LogP contribution in [-0.4, -0.2) is 19.0 Å². The summed E-state index contributed by atoms with van der Waals surface area (Å²) in [5, 5.41) is 0. The Balaban J connectivity index is 2.73. The summed E-state index contributed by atoms with van der Waals surface area (Å²) in [6, 6.07) is 3.39. The molecule has 88 valence electrons. The molecule has 1 aromatic carbocycles. The maximum absolute atomic E-state index is 13.2. The number of ketones is 1. The molecule has 1 aromatic rings. The minimum Gasteiger partial charge on any atom is -0.382 e. The van der Waals surface area contributed by atoms with Crippen LogP contribution in [0.25, 0.3) is 0 Å². The van der Waals surface area contributed by atoms with Crippen molar-refractivity contribution in [1.82, 2.24) is 0 Å². The smallest absolute Gasteiger partial charge is 0.168 e. The van der Waals surface area contributed by atoms with Crippen LogP contribution in [0.4, 0.5) is 8.78 Å². The van der Waals surface area contributed by atoms with Crippen molar-refractivity contribution in [2.45, 2.75) is 25.9 Å². The van der Waals surface area contributed by atoms with Gasteiger partial charge in [0.2, 0.25) is 0 Å². The molecule has 0 saturated carbocycles. The summed E-state index contributed by atoms with van der Waals surface area (Å²) in [5.41, 5.74) is -0.453. The fourth-order valence-electron chi connectivity index (χ4n) is 1.34. The number of hydrogen-bond donors (Lipinski definition) is 0. The van der Waals surface area contributed by atoms with Gasteiger partial charge in [-0.1, -0.05) is 6.07 Å². The summed E-state index contributed by atoms with van der Waals surface area (Å²) in [6.45, 7) is 1.80. The highest BCUT2D eigenvalue weighted by molar-refractivity contribution is 5.96. The highest BCUT2D eigenvalue weighted by Gasteiger charge is 2.17. The molecule has 0 bridgehead atoms. The first kappa shape index (κ1) is 12.8. The number of carbonyl (C=O) groups excluding carboxylic acids is 1. The van der Waals surface area contributed by atoms with Gasteiger partial charge in [0.25, 0.3) is 0 Å². The molecule has 0 saturated heterocycles. The zero-order valence-electron chi connectivity index (χ0n) is 9.30. The predicted octanol–water partition coefficient (Wildman–Crippen LogP) is 2.96. The zero-order chi connectivity index (χ0) is 12.1. The van der Waals surface area contributed by atoms with E-state index in [4.69, 9.17) is 4.74 Å². The summed E-state index contributed by atoms with van der Waals surface area (Å²) in [4.78, 5) is 11.6. The van der Waals surface area contributed by atoms with E-state index in [2.05, 4.69) is 0 Å². The lowest BCUT2D eigenvalue weighted by atomic mass is 10.0. The van der Waals surface area contributed by atoms with Crippen LogP contribution in [0.2, 0.25) is 0 Å². The van der Waals surface area contributed by atoms with E-state index >= 15 is 0 Å². The topological polar surface area (TPSA) is 26.3 Å². The average Bonchev–Trinajstić information content (AvgIpc) is 2.25. The SMILES string of the molecule is COC(C)CCC(=O)c1c(F)cccc1F. The van der Waals surface area contributed by atoms with Gasteiger partial charge >= 0.3 is 0 Å². The Labute approximate surface area is 93.2 Å². The molecule has 0 N–H and O–H groups in total. The second-order valence-corrected chi connectivity index (χ2v) is 3.60. The molecule has 0 fully saturated rings. The summed E-state index contributed by atoms with van der Waals surface area (Å²) in [5.74, 6) is -2.15. The highest BCUT2D eigenvalue weighted by atomic mass is 19.1. The van der Waals surface area contributed by atoms with Crippen molar-refractivity contribution in [3.05, 3.63) is 35.4 Å². The quantitative estimate of drug-likeness (QED) is 0.724. The van der Waals surface area contributed by atoms with E-state index in [9.17, 15) is 13.6 Å². The Morgan fingerprint density at radius 3 is 2.44 bits per heavy atom. The van der Waals surface area contributed by atoms with Crippen LogP contribution < -0.4 is 0 Å². The Bertz CT molecular complexity index is 357. The van der Waals surface area contributed by atoms with Crippen molar-refractivity contribution in [3.63, 3.8) is 0 Å². The number of Topliss-reactive ketones (excluding diaryl/α,β-unsaturated/α-hetero) is 1. The Morgan fingerprint density at radius 1 is 1.38 bits per heavy atom. The number of rotatable bonds is 5. The number of carbonyl (C=O) groups is 1. The largest absolute Gasteiger partial charge is 0.382 e. The van der Waals surface area contributed by atoms with Gasteiger partial charge in [-0.3, -0.25) is 4.79 Å². The number of benzene rings is 1. The average molecular weight is 228 g/mol. The minimum atomic E-state index is -0.810. The fourth-order valence-corrected chi connectivity index (χ4v) is 1.34. The van der Waals surface area contributed by atoms with Gasteiger partial charge in [0.05, 0.1) is 11.7 Å². The molecule has 0 aliphatic heterocycles. The molecule has 1 unspecified atom stereocenters. The van der Waals surface area contributed by atoms with Crippen LogP contribution in [0, 0.1) is 11.6 Å². The molecule has 0 radical (unpaired) electrons. The van der Waals surface area contributed by atoms with Gasteiger partial charge in [0.15, 0.2) is 5.78 Å². The van der Waals surface area contributed by atoms with Gasteiger partial charge in [-0.2, -0.15) is 0 Å². The van der Waals surface area contributed by atoms with Crippen LogP contribution in [0.5, 0.6) is 0 Å². The van der Waals surface area contributed by atoms with Crippen molar-refractivity contribution in [1.29, 1.82) is 0 Å². The maximum Gasteiger partial charge on any atom is 0.168 e. The van der Waals surface area contributed by atoms with Crippen LogP contribution in [0.3, 0.4) is 0 Å². The van der Waals surface area contributed by atoms with Crippen molar-refractivity contribution in [3.8, 4) is 0 Å². The lowest BCUT2D eigenvalue weighted by Crippen LogP contribution is -2.11. The highest BCUT2D eigenvalue weighted by Crippen LogP contribution is 2.15. The first-order valence-electron chi connectivity index (χ1n) is 5.06. The summed E-state index contributed by atoms with van der Waals surface area (Å²) >= 11 is 0. The van der Waals surface area contributed by atoms with Crippen molar-refractivity contribution in [2.75, 3.05) is 7.11 Å². The third kappa shape index (κ3) is 3.10. The van der Waals surface area contributed by atoms with E-state index in [-0.39, 0.29) is 12.5 Å². The van der Waals surface area contributed by atoms with Crippen molar-refractivity contribution in [2.24, 2.45) is 0 Å². The van der Waals surface area contributed by atoms with E-state index in [0.29, 0.717) is 6.42 Å². The van der Waals surface area contributed by atoms with Crippen LogP contribution >= 0.6 is 0 Å². The van der Waals surface area contributed by atoms with E-state index in [1.807, 2.05) is 0 Å². The Hall–Kier alpha value is -1.29. The molecule has 1 atom stereocenters. The standard InChI is InChI=1S/C12H14F2O2/c1-8(16-2)6-7-11(15)12-9(13)4-3-5-10(12)14/h3-5,8H,6-7H2,1-2H3. The molecule has 16 heavy (non-hydrogen) atoms. The van der Waals surface area contributed by atoms with E-state index < -0.39 is 23.0 Å². The van der Waals surface area contributed by atoms with Gasteiger partial charge in [-0.05, 0) is 25.5 Å². The minimum absolute atomic E-state index is 0.0762. The molecule has 2 nitrogen and oxygen atoms in total. The fraction of sp³-hybridized carbons (Fsp3) is 0.417. The van der Waals surface area contributed by atoms with Crippen LogP contribution in [-0.2, 0) is 4.74 Å². The molecule has 4 heteroatoms. The number of hydrogen-bond acceptors (Lipinski definition) is 2. The normalized spacial score (nSPS) is 12.5.